The monoisotopic (exact) mass is 813 g/mol. The van der Waals surface area contributed by atoms with Gasteiger partial charge < -0.3 is 9.32 Å². The number of furan rings is 1. The van der Waals surface area contributed by atoms with Crippen molar-refractivity contribution in [1.29, 1.82) is 0 Å². The van der Waals surface area contributed by atoms with E-state index in [-0.39, 0.29) is 0 Å². The van der Waals surface area contributed by atoms with Gasteiger partial charge in [0.15, 0.2) is 0 Å². The molecule has 13 aromatic rings. The third-order valence-corrected chi connectivity index (χ3v) is 13.2. The second-order valence-electron chi connectivity index (χ2n) is 16.8. The molecule has 0 aliphatic heterocycles. The van der Waals surface area contributed by atoms with Crippen LogP contribution < -0.4 is 4.90 Å². The quantitative estimate of drug-likeness (QED) is 0.156. The number of hydrogen-bond donors (Lipinski definition) is 0. The normalized spacial score (nSPS) is 11.8. The Labute approximate surface area is 370 Å². The van der Waals surface area contributed by atoms with Crippen molar-refractivity contribution in [3.63, 3.8) is 0 Å². The van der Waals surface area contributed by atoms with E-state index in [9.17, 15) is 0 Å². The van der Waals surface area contributed by atoms with E-state index >= 15 is 0 Å². The fraction of sp³-hybridized carbons (Fsp3) is 0. The van der Waals surface area contributed by atoms with Gasteiger partial charge in [0.2, 0.25) is 0 Å². The number of hydrogen-bond acceptors (Lipinski definition) is 2. The first-order valence-electron chi connectivity index (χ1n) is 22.0. The molecule has 0 radical (unpaired) electrons. The van der Waals surface area contributed by atoms with Crippen LogP contribution in [0.2, 0.25) is 0 Å². The first-order chi connectivity index (χ1) is 31.7. The van der Waals surface area contributed by atoms with Gasteiger partial charge in [0.25, 0.3) is 0 Å². The summed E-state index contributed by atoms with van der Waals surface area (Å²) in [6.07, 6.45) is 0. The van der Waals surface area contributed by atoms with E-state index in [4.69, 9.17) is 4.42 Å². The summed E-state index contributed by atoms with van der Waals surface area (Å²) in [7, 11) is 0. The van der Waals surface area contributed by atoms with E-state index in [0.29, 0.717) is 0 Å². The van der Waals surface area contributed by atoms with Gasteiger partial charge in [-0.3, -0.25) is 0 Å². The number of fused-ring (bicyclic) bond motifs is 10. The van der Waals surface area contributed by atoms with Gasteiger partial charge in [0.05, 0.1) is 5.69 Å². The maximum absolute atomic E-state index is 6.83. The van der Waals surface area contributed by atoms with Gasteiger partial charge in [-0.05, 0) is 131 Å². The molecule has 0 amide bonds. The second kappa shape index (κ2) is 14.6. The van der Waals surface area contributed by atoms with Crippen molar-refractivity contribution in [2.75, 3.05) is 4.90 Å². The maximum Gasteiger partial charge on any atom is 0.143 e. The van der Waals surface area contributed by atoms with Gasteiger partial charge in [0.1, 0.15) is 11.2 Å². The minimum absolute atomic E-state index is 0.856. The number of nitrogens with zero attached hydrogens (tertiary/aromatic N) is 1. The Morgan fingerprint density at radius 1 is 0.266 bits per heavy atom. The Hall–Kier alpha value is -8.46. The third-order valence-electron chi connectivity index (χ3n) is 13.2. The molecule has 0 aliphatic carbocycles. The summed E-state index contributed by atoms with van der Waals surface area (Å²) in [5.74, 6) is 0. The Balaban J connectivity index is 1.04. The van der Waals surface area contributed by atoms with Crippen molar-refractivity contribution >= 4 is 92.9 Å². The molecule has 12 aromatic carbocycles. The summed E-state index contributed by atoms with van der Waals surface area (Å²) in [5, 5.41) is 14.4. The van der Waals surface area contributed by atoms with Crippen LogP contribution in [0, 0.1) is 0 Å². The molecule has 0 bridgehead atoms. The molecule has 1 aromatic heterocycles. The average Bonchev–Trinajstić information content (AvgIpc) is 3.75. The lowest BCUT2D eigenvalue weighted by molar-refractivity contribution is 0.672. The minimum atomic E-state index is 0.856. The SMILES string of the molecule is c1ccc(-c2cc(-c3ccc4ccccc4c3)ccc2N(c2ccc3c(-c4cc5ccccc5c5ccccc45)cccc3c2)c2ccc3c(c2)oc2c4ccccc4ccc32)cc1. The van der Waals surface area contributed by atoms with Crippen molar-refractivity contribution in [2.24, 2.45) is 0 Å². The van der Waals surface area contributed by atoms with Gasteiger partial charge in [0, 0.05) is 39.2 Å². The standard InChI is InChI=1S/C62H39NO/c1-2-14-41(15-3-1)58-37-45(44-26-25-40-13-4-5-17-43(40)35-44)28-34-60(58)63(49-30-33-56-57-31-27-42-16-6-9-21-52(42)62(57)64-61(56)39-49)48-29-32-51-46(36-48)19-12-24-54(51)59-38-47-18-7-8-20-50(47)53-22-10-11-23-55(53)59/h1-39H. The Morgan fingerprint density at radius 3 is 1.73 bits per heavy atom. The van der Waals surface area contributed by atoms with Gasteiger partial charge in [-0.25, -0.2) is 0 Å². The summed E-state index contributed by atoms with van der Waals surface area (Å²) >= 11 is 0. The van der Waals surface area contributed by atoms with Crippen LogP contribution in [0.5, 0.6) is 0 Å². The zero-order valence-electron chi connectivity index (χ0n) is 34.9. The fourth-order valence-corrected chi connectivity index (χ4v) is 10.1. The van der Waals surface area contributed by atoms with Crippen molar-refractivity contribution in [3.05, 3.63) is 237 Å². The van der Waals surface area contributed by atoms with Crippen molar-refractivity contribution in [1.82, 2.24) is 0 Å². The van der Waals surface area contributed by atoms with E-state index in [0.717, 1.165) is 55.5 Å². The van der Waals surface area contributed by atoms with Gasteiger partial charge >= 0.3 is 0 Å². The van der Waals surface area contributed by atoms with Gasteiger partial charge in [-0.2, -0.15) is 0 Å². The van der Waals surface area contributed by atoms with Crippen LogP contribution in [0.25, 0.3) is 109 Å². The molecule has 0 atom stereocenters. The van der Waals surface area contributed by atoms with Crippen LogP contribution in [0.15, 0.2) is 241 Å². The van der Waals surface area contributed by atoms with Crippen LogP contribution in [-0.2, 0) is 0 Å². The molecule has 2 heteroatoms. The Bertz CT molecular complexity index is 3970. The summed E-state index contributed by atoms with van der Waals surface area (Å²) in [4.78, 5) is 2.41. The average molecular weight is 814 g/mol. The topological polar surface area (TPSA) is 16.4 Å². The first-order valence-corrected chi connectivity index (χ1v) is 22.0. The first kappa shape index (κ1) is 36.2. The van der Waals surface area contributed by atoms with Crippen LogP contribution in [0.4, 0.5) is 17.1 Å². The van der Waals surface area contributed by atoms with E-state index in [1.807, 2.05) is 0 Å². The molecule has 0 aliphatic rings. The number of rotatable bonds is 6. The molecule has 0 saturated heterocycles. The lowest BCUT2D eigenvalue weighted by Crippen LogP contribution is -2.11. The molecule has 13 rings (SSSR count). The predicted octanol–water partition coefficient (Wildman–Crippen LogP) is 17.8. The summed E-state index contributed by atoms with van der Waals surface area (Å²) in [6.45, 7) is 0. The van der Waals surface area contributed by atoms with Crippen LogP contribution >= 0.6 is 0 Å². The highest BCUT2D eigenvalue weighted by atomic mass is 16.3. The molecule has 298 valence electrons. The van der Waals surface area contributed by atoms with Crippen LogP contribution in [0.1, 0.15) is 0 Å². The number of benzene rings is 12. The van der Waals surface area contributed by atoms with E-state index in [1.165, 1.54) is 70.7 Å². The van der Waals surface area contributed by atoms with E-state index < -0.39 is 0 Å². The maximum atomic E-state index is 6.83. The van der Waals surface area contributed by atoms with E-state index in [2.05, 4.69) is 241 Å². The molecule has 64 heavy (non-hydrogen) atoms. The minimum Gasteiger partial charge on any atom is -0.455 e. The zero-order valence-corrected chi connectivity index (χ0v) is 34.9. The predicted molar refractivity (Wildman–Crippen MR) is 272 cm³/mol. The van der Waals surface area contributed by atoms with Crippen LogP contribution in [-0.4, -0.2) is 0 Å². The fourth-order valence-electron chi connectivity index (χ4n) is 10.1. The summed E-state index contributed by atoms with van der Waals surface area (Å²) < 4.78 is 6.83. The second-order valence-corrected chi connectivity index (χ2v) is 16.8. The van der Waals surface area contributed by atoms with Crippen molar-refractivity contribution < 1.29 is 4.42 Å². The molecule has 0 N–H and O–H groups in total. The molecular formula is C62H39NO. The Kier molecular flexibility index (Phi) is 8.25. The molecule has 0 unspecified atom stereocenters. The largest absolute Gasteiger partial charge is 0.455 e. The van der Waals surface area contributed by atoms with Crippen molar-refractivity contribution in [2.45, 2.75) is 0 Å². The molecule has 2 nitrogen and oxygen atoms in total. The third kappa shape index (κ3) is 5.88. The summed E-state index contributed by atoms with van der Waals surface area (Å²) in [6, 6.07) is 86.2. The molecule has 0 saturated carbocycles. The smallest absolute Gasteiger partial charge is 0.143 e. The Morgan fingerprint density at radius 2 is 0.875 bits per heavy atom. The summed E-state index contributed by atoms with van der Waals surface area (Å²) in [5.41, 5.74) is 12.0. The molecule has 0 spiro atoms. The zero-order chi connectivity index (χ0) is 42.1. The highest BCUT2D eigenvalue weighted by Crippen LogP contribution is 2.46. The lowest BCUT2D eigenvalue weighted by atomic mass is 9.90. The molecular weight excluding hydrogens is 775 g/mol. The van der Waals surface area contributed by atoms with Crippen molar-refractivity contribution in [3.8, 4) is 33.4 Å². The highest BCUT2D eigenvalue weighted by Gasteiger charge is 2.22. The van der Waals surface area contributed by atoms with E-state index in [1.54, 1.807) is 0 Å². The number of anilines is 3. The molecule has 0 fully saturated rings. The highest BCUT2D eigenvalue weighted by molar-refractivity contribution is 6.17. The molecule has 1 heterocycles. The van der Waals surface area contributed by atoms with Crippen LogP contribution in [0.3, 0.4) is 0 Å². The lowest BCUT2D eigenvalue weighted by Gasteiger charge is -2.29. The van der Waals surface area contributed by atoms with Gasteiger partial charge in [-0.15, -0.1) is 0 Å². The van der Waals surface area contributed by atoms with Gasteiger partial charge in [-0.1, -0.05) is 176 Å².